The van der Waals surface area contributed by atoms with Crippen LogP contribution in [-0.4, -0.2) is 29.5 Å². The van der Waals surface area contributed by atoms with Crippen LogP contribution < -0.4 is 0 Å². The van der Waals surface area contributed by atoms with Gasteiger partial charge >= 0.3 is 12.1 Å². The van der Waals surface area contributed by atoms with Crippen LogP contribution in [0.5, 0.6) is 0 Å². The van der Waals surface area contributed by atoms with Gasteiger partial charge in [0.1, 0.15) is 0 Å². The second kappa shape index (κ2) is 4.40. The molecular formula is C12H17F3O3. The van der Waals surface area contributed by atoms with Gasteiger partial charge in [-0.1, -0.05) is 6.92 Å². The quantitative estimate of drug-likeness (QED) is 0.793. The zero-order valence-corrected chi connectivity index (χ0v) is 10.3. The summed E-state index contributed by atoms with van der Waals surface area (Å²) < 4.78 is 43.9. The van der Waals surface area contributed by atoms with Crippen molar-refractivity contribution in [2.45, 2.75) is 45.1 Å². The number of aliphatic carboxylic acids is 1. The predicted octanol–water partition coefficient (Wildman–Crippen LogP) is 2.70. The minimum Gasteiger partial charge on any atom is -0.481 e. The van der Waals surface area contributed by atoms with Gasteiger partial charge in [0.05, 0.1) is 24.0 Å². The van der Waals surface area contributed by atoms with Crippen molar-refractivity contribution in [3.8, 4) is 0 Å². The second-order valence-corrected chi connectivity index (χ2v) is 5.47. The Morgan fingerprint density at radius 1 is 1.28 bits per heavy atom. The third kappa shape index (κ3) is 2.22. The summed E-state index contributed by atoms with van der Waals surface area (Å²) in [5, 5.41) is 9.15. The van der Waals surface area contributed by atoms with E-state index in [0.29, 0.717) is 0 Å². The third-order valence-corrected chi connectivity index (χ3v) is 4.47. The summed E-state index contributed by atoms with van der Waals surface area (Å²) in [6.07, 6.45) is -5.50. The van der Waals surface area contributed by atoms with Crippen molar-refractivity contribution >= 4 is 5.97 Å². The molecule has 1 N–H and O–H groups in total. The van der Waals surface area contributed by atoms with E-state index in [-0.39, 0.29) is 30.8 Å². The molecule has 3 nitrogen and oxygen atoms in total. The summed E-state index contributed by atoms with van der Waals surface area (Å²) >= 11 is 0. The zero-order chi connectivity index (χ0) is 13.7. The van der Waals surface area contributed by atoms with Crippen LogP contribution in [0.4, 0.5) is 13.2 Å². The van der Waals surface area contributed by atoms with Crippen LogP contribution in [0.2, 0.25) is 0 Å². The molecule has 1 saturated heterocycles. The number of hydrogen-bond acceptors (Lipinski definition) is 2. The zero-order valence-electron chi connectivity index (χ0n) is 10.3. The number of fused-ring (bicyclic) bond motifs is 1. The van der Waals surface area contributed by atoms with E-state index >= 15 is 0 Å². The van der Waals surface area contributed by atoms with Crippen molar-refractivity contribution in [3.63, 3.8) is 0 Å². The molecule has 1 aliphatic heterocycles. The van der Waals surface area contributed by atoms with Crippen molar-refractivity contribution in [2.75, 3.05) is 0 Å². The molecule has 1 heterocycles. The van der Waals surface area contributed by atoms with Gasteiger partial charge in [0.15, 0.2) is 0 Å². The van der Waals surface area contributed by atoms with Gasteiger partial charge in [0.2, 0.25) is 0 Å². The molecule has 2 rings (SSSR count). The van der Waals surface area contributed by atoms with Gasteiger partial charge in [0, 0.05) is 5.92 Å². The number of carboxylic acid groups (broad SMARTS) is 1. The molecular weight excluding hydrogens is 249 g/mol. The van der Waals surface area contributed by atoms with E-state index in [9.17, 15) is 18.0 Å². The SMILES string of the molecule is CC1OC2CC(C(F)(F)F)CC(C(=O)O)C2C1C. The Hall–Kier alpha value is -0.780. The molecule has 0 radical (unpaired) electrons. The number of carbonyl (C=O) groups is 1. The lowest BCUT2D eigenvalue weighted by molar-refractivity contribution is -0.202. The van der Waals surface area contributed by atoms with Gasteiger partial charge < -0.3 is 9.84 Å². The minimum absolute atomic E-state index is 0.00900. The number of ether oxygens (including phenoxy) is 1. The number of alkyl halides is 3. The van der Waals surface area contributed by atoms with Crippen LogP contribution in [0.1, 0.15) is 26.7 Å². The fourth-order valence-electron chi connectivity index (χ4n) is 3.35. The lowest BCUT2D eigenvalue weighted by Gasteiger charge is -2.37. The summed E-state index contributed by atoms with van der Waals surface area (Å²) in [5.41, 5.74) is 0. The van der Waals surface area contributed by atoms with Crippen LogP contribution in [0.3, 0.4) is 0 Å². The van der Waals surface area contributed by atoms with Crippen molar-refractivity contribution in [1.82, 2.24) is 0 Å². The van der Waals surface area contributed by atoms with E-state index in [1.807, 2.05) is 6.92 Å². The fourth-order valence-corrected chi connectivity index (χ4v) is 3.35. The smallest absolute Gasteiger partial charge is 0.391 e. The molecule has 2 fully saturated rings. The molecule has 1 saturated carbocycles. The molecule has 2 aliphatic rings. The van der Waals surface area contributed by atoms with Gasteiger partial charge in [-0.25, -0.2) is 0 Å². The van der Waals surface area contributed by atoms with Crippen molar-refractivity contribution < 1.29 is 27.8 Å². The number of hydrogen-bond donors (Lipinski definition) is 1. The number of rotatable bonds is 1. The predicted molar refractivity (Wildman–Crippen MR) is 56.9 cm³/mol. The monoisotopic (exact) mass is 266 g/mol. The highest BCUT2D eigenvalue weighted by Gasteiger charge is 2.55. The molecule has 1 aliphatic carbocycles. The average Bonchev–Trinajstić information content (AvgIpc) is 2.52. The Kier molecular flexibility index (Phi) is 3.34. The van der Waals surface area contributed by atoms with Crippen molar-refractivity contribution in [1.29, 1.82) is 0 Å². The van der Waals surface area contributed by atoms with Crippen LogP contribution in [-0.2, 0) is 9.53 Å². The molecule has 6 heteroatoms. The maximum absolute atomic E-state index is 12.8. The second-order valence-electron chi connectivity index (χ2n) is 5.47. The van der Waals surface area contributed by atoms with E-state index in [0.717, 1.165) is 0 Å². The van der Waals surface area contributed by atoms with Crippen LogP contribution in [0.15, 0.2) is 0 Å². The Morgan fingerprint density at radius 2 is 1.89 bits per heavy atom. The first-order valence-electron chi connectivity index (χ1n) is 6.16. The lowest BCUT2D eigenvalue weighted by Crippen LogP contribution is -2.44. The number of halogens is 3. The normalized spacial score (nSPS) is 44.7. The molecule has 6 unspecified atom stereocenters. The largest absolute Gasteiger partial charge is 0.481 e. The molecule has 18 heavy (non-hydrogen) atoms. The molecule has 6 atom stereocenters. The Labute approximate surface area is 103 Å². The van der Waals surface area contributed by atoms with Gasteiger partial charge in [-0.2, -0.15) is 13.2 Å². The maximum atomic E-state index is 12.8. The molecule has 0 aromatic carbocycles. The summed E-state index contributed by atoms with van der Waals surface area (Å²) in [4.78, 5) is 11.2. The standard InChI is InChI=1S/C12H17F3O3/c1-5-6(2)18-9-4-7(12(13,14)15)3-8(10(5)9)11(16)17/h5-10H,3-4H2,1-2H3,(H,16,17). The van der Waals surface area contributed by atoms with Crippen molar-refractivity contribution in [2.24, 2.45) is 23.7 Å². The molecule has 0 aromatic heterocycles. The highest BCUT2D eigenvalue weighted by Crippen LogP contribution is 2.50. The van der Waals surface area contributed by atoms with Crippen LogP contribution in [0.25, 0.3) is 0 Å². The Morgan fingerprint density at radius 3 is 2.39 bits per heavy atom. The summed E-state index contributed by atoms with van der Waals surface area (Å²) in [5.74, 6) is -3.95. The summed E-state index contributed by atoms with van der Waals surface area (Å²) in [6, 6.07) is 0. The first-order valence-corrected chi connectivity index (χ1v) is 6.16. The van der Waals surface area contributed by atoms with Gasteiger partial charge in [-0.05, 0) is 25.7 Å². The maximum Gasteiger partial charge on any atom is 0.391 e. The third-order valence-electron chi connectivity index (χ3n) is 4.47. The molecule has 104 valence electrons. The highest BCUT2D eigenvalue weighted by molar-refractivity contribution is 5.70. The van der Waals surface area contributed by atoms with E-state index in [1.165, 1.54) is 0 Å². The summed E-state index contributed by atoms with van der Waals surface area (Å²) in [7, 11) is 0. The summed E-state index contributed by atoms with van der Waals surface area (Å²) in [6.45, 7) is 3.66. The first kappa shape index (κ1) is 13.6. The Balaban J connectivity index is 2.24. The van der Waals surface area contributed by atoms with Crippen LogP contribution in [0, 0.1) is 23.7 Å². The fraction of sp³-hybridized carbons (Fsp3) is 0.917. The van der Waals surface area contributed by atoms with E-state index in [1.54, 1.807) is 6.92 Å². The van der Waals surface area contributed by atoms with Gasteiger partial charge in [-0.15, -0.1) is 0 Å². The van der Waals surface area contributed by atoms with E-state index in [4.69, 9.17) is 9.84 Å². The minimum atomic E-state index is -4.34. The highest BCUT2D eigenvalue weighted by atomic mass is 19.4. The molecule has 0 aromatic rings. The van der Waals surface area contributed by atoms with E-state index in [2.05, 4.69) is 0 Å². The molecule has 0 bridgehead atoms. The van der Waals surface area contributed by atoms with Crippen molar-refractivity contribution in [3.05, 3.63) is 0 Å². The van der Waals surface area contributed by atoms with Gasteiger partial charge in [0.25, 0.3) is 0 Å². The van der Waals surface area contributed by atoms with Crippen LogP contribution >= 0.6 is 0 Å². The number of carboxylic acids is 1. The van der Waals surface area contributed by atoms with E-state index < -0.39 is 30.1 Å². The lowest BCUT2D eigenvalue weighted by atomic mass is 9.68. The Bertz CT molecular complexity index is 342. The molecule has 0 spiro atoms. The topological polar surface area (TPSA) is 46.5 Å². The van der Waals surface area contributed by atoms with Gasteiger partial charge in [-0.3, -0.25) is 4.79 Å². The first-order chi connectivity index (χ1) is 8.21. The average molecular weight is 266 g/mol. The molecule has 0 amide bonds.